The van der Waals surface area contributed by atoms with Gasteiger partial charge in [0.25, 0.3) is 0 Å². The molecule has 0 aliphatic carbocycles. The van der Waals surface area contributed by atoms with Crippen molar-refractivity contribution in [2.75, 3.05) is 19.8 Å². The van der Waals surface area contributed by atoms with Crippen LogP contribution in [0.5, 0.6) is 0 Å². The second kappa shape index (κ2) is 7.38. The lowest BCUT2D eigenvalue weighted by molar-refractivity contribution is 0.146. The summed E-state index contributed by atoms with van der Waals surface area (Å²) in [6.07, 6.45) is 0.668. The highest BCUT2D eigenvalue weighted by Crippen LogP contribution is 2.24. The molecule has 6 heteroatoms. The number of rotatable bonds is 7. The summed E-state index contributed by atoms with van der Waals surface area (Å²) in [4.78, 5) is 0.338. The van der Waals surface area contributed by atoms with E-state index in [1.807, 2.05) is 19.9 Å². The van der Waals surface area contributed by atoms with Gasteiger partial charge < -0.3 is 4.74 Å². The van der Waals surface area contributed by atoms with E-state index < -0.39 is 10.0 Å². The van der Waals surface area contributed by atoms with Crippen LogP contribution in [0.4, 0.5) is 0 Å². The zero-order valence-corrected chi connectivity index (χ0v) is 13.9. The predicted molar refractivity (Wildman–Crippen MR) is 79.9 cm³/mol. The molecule has 4 nitrogen and oxygen atoms in total. The van der Waals surface area contributed by atoms with Crippen molar-refractivity contribution in [3.05, 3.63) is 27.7 Å². The van der Waals surface area contributed by atoms with Gasteiger partial charge in [-0.1, -0.05) is 15.9 Å². The Kier molecular flexibility index (Phi) is 6.46. The van der Waals surface area contributed by atoms with Crippen molar-refractivity contribution in [2.24, 2.45) is 0 Å². The van der Waals surface area contributed by atoms with Gasteiger partial charge in [0.05, 0.1) is 4.90 Å². The van der Waals surface area contributed by atoms with Gasteiger partial charge in [-0.3, -0.25) is 0 Å². The summed E-state index contributed by atoms with van der Waals surface area (Å²) in [5.41, 5.74) is 1.63. The SMILES string of the molecule is CCOCCCNS(=O)(=O)c1cc(C)c(Br)cc1C. The number of hydrogen-bond donors (Lipinski definition) is 1. The van der Waals surface area contributed by atoms with Crippen molar-refractivity contribution in [1.29, 1.82) is 0 Å². The first kappa shape index (κ1) is 16.6. The van der Waals surface area contributed by atoms with E-state index in [0.29, 0.717) is 31.1 Å². The second-order valence-electron chi connectivity index (χ2n) is 4.32. The van der Waals surface area contributed by atoms with Gasteiger partial charge in [0.15, 0.2) is 0 Å². The first-order valence-electron chi connectivity index (χ1n) is 6.22. The molecule has 0 fully saturated rings. The van der Waals surface area contributed by atoms with Crippen molar-refractivity contribution in [3.63, 3.8) is 0 Å². The molecule has 0 aliphatic rings. The first-order valence-corrected chi connectivity index (χ1v) is 8.50. The second-order valence-corrected chi connectivity index (χ2v) is 6.90. The molecule has 1 N–H and O–H groups in total. The van der Waals surface area contributed by atoms with Gasteiger partial charge >= 0.3 is 0 Å². The van der Waals surface area contributed by atoms with Crippen molar-refractivity contribution in [3.8, 4) is 0 Å². The first-order chi connectivity index (χ1) is 8.88. The van der Waals surface area contributed by atoms with Crippen LogP contribution in [-0.2, 0) is 14.8 Å². The van der Waals surface area contributed by atoms with Crippen LogP contribution in [0.3, 0.4) is 0 Å². The smallest absolute Gasteiger partial charge is 0.240 e. The third-order valence-corrected chi connectivity index (χ3v) is 5.16. The third kappa shape index (κ3) is 4.87. The Labute approximate surface area is 123 Å². The van der Waals surface area contributed by atoms with Gasteiger partial charge in [0, 0.05) is 24.2 Å². The molecule has 0 aliphatic heterocycles. The molecule has 0 saturated carbocycles. The lowest BCUT2D eigenvalue weighted by atomic mass is 10.2. The molecule has 0 aromatic heterocycles. The Bertz CT molecular complexity index is 529. The molecule has 108 valence electrons. The normalized spacial score (nSPS) is 11.8. The van der Waals surface area contributed by atoms with Crippen molar-refractivity contribution in [2.45, 2.75) is 32.1 Å². The number of hydrogen-bond acceptors (Lipinski definition) is 3. The summed E-state index contributed by atoms with van der Waals surface area (Å²) in [6.45, 7) is 7.18. The van der Waals surface area contributed by atoms with Gasteiger partial charge in [-0.05, 0) is 50.5 Å². The highest BCUT2D eigenvalue weighted by molar-refractivity contribution is 9.10. The Balaban J connectivity index is 2.75. The van der Waals surface area contributed by atoms with Gasteiger partial charge in [-0.2, -0.15) is 0 Å². The third-order valence-electron chi connectivity index (χ3n) is 2.71. The minimum absolute atomic E-state index is 0.338. The maximum atomic E-state index is 12.2. The average Bonchev–Trinajstić information content (AvgIpc) is 2.33. The number of nitrogens with one attached hydrogen (secondary N) is 1. The fraction of sp³-hybridized carbons (Fsp3) is 0.538. The molecule has 1 aromatic carbocycles. The molecule has 0 bridgehead atoms. The van der Waals surface area contributed by atoms with E-state index in [-0.39, 0.29) is 0 Å². The van der Waals surface area contributed by atoms with Gasteiger partial charge in [-0.15, -0.1) is 0 Å². The van der Waals surface area contributed by atoms with E-state index in [1.165, 1.54) is 0 Å². The van der Waals surface area contributed by atoms with Crippen LogP contribution in [0.25, 0.3) is 0 Å². The molecule has 0 atom stereocenters. The van der Waals surface area contributed by atoms with Crippen LogP contribution in [0.2, 0.25) is 0 Å². The molecule has 0 amide bonds. The van der Waals surface area contributed by atoms with Gasteiger partial charge in [0.2, 0.25) is 10.0 Å². The van der Waals surface area contributed by atoms with Crippen LogP contribution < -0.4 is 4.72 Å². The number of sulfonamides is 1. The van der Waals surface area contributed by atoms with E-state index in [4.69, 9.17) is 4.74 Å². The van der Waals surface area contributed by atoms with Crippen molar-refractivity contribution in [1.82, 2.24) is 4.72 Å². The van der Waals surface area contributed by atoms with E-state index in [0.717, 1.165) is 15.6 Å². The summed E-state index contributed by atoms with van der Waals surface area (Å²) >= 11 is 3.40. The molecule has 0 heterocycles. The summed E-state index contributed by atoms with van der Waals surface area (Å²) in [5, 5.41) is 0. The molecule has 0 spiro atoms. The lowest BCUT2D eigenvalue weighted by Gasteiger charge is -2.11. The standard InChI is InChI=1S/C13H20BrNO3S/c1-4-18-7-5-6-15-19(16,17)13-9-10(2)12(14)8-11(13)3/h8-9,15H,4-7H2,1-3H3. The predicted octanol–water partition coefficient (Wildman–Crippen LogP) is 2.77. The molecule has 1 aromatic rings. The minimum atomic E-state index is -3.44. The number of halogens is 1. The van der Waals surface area contributed by atoms with Crippen LogP contribution in [0, 0.1) is 13.8 Å². The maximum absolute atomic E-state index is 12.2. The summed E-state index contributed by atoms with van der Waals surface area (Å²) < 4.78 is 33.1. The summed E-state index contributed by atoms with van der Waals surface area (Å²) in [7, 11) is -3.44. The average molecular weight is 350 g/mol. The largest absolute Gasteiger partial charge is 0.382 e. The molecule has 0 saturated heterocycles. The van der Waals surface area contributed by atoms with E-state index in [1.54, 1.807) is 13.0 Å². The lowest BCUT2D eigenvalue weighted by Crippen LogP contribution is -2.26. The van der Waals surface area contributed by atoms with E-state index in [9.17, 15) is 8.42 Å². The molecular formula is C13H20BrNO3S. The van der Waals surface area contributed by atoms with E-state index in [2.05, 4.69) is 20.7 Å². The highest BCUT2D eigenvalue weighted by atomic mass is 79.9. The topological polar surface area (TPSA) is 55.4 Å². The molecule has 0 radical (unpaired) electrons. The van der Waals surface area contributed by atoms with Crippen LogP contribution in [-0.4, -0.2) is 28.2 Å². The monoisotopic (exact) mass is 349 g/mol. The van der Waals surface area contributed by atoms with Crippen LogP contribution in [0.1, 0.15) is 24.5 Å². The van der Waals surface area contributed by atoms with Gasteiger partial charge in [-0.25, -0.2) is 13.1 Å². The molecular weight excluding hydrogens is 330 g/mol. The Hall–Kier alpha value is -0.430. The van der Waals surface area contributed by atoms with E-state index >= 15 is 0 Å². The number of aryl methyl sites for hydroxylation is 2. The fourth-order valence-electron chi connectivity index (χ4n) is 1.65. The fourth-order valence-corrected chi connectivity index (χ4v) is 3.49. The Morgan fingerprint density at radius 3 is 2.58 bits per heavy atom. The highest BCUT2D eigenvalue weighted by Gasteiger charge is 2.17. The van der Waals surface area contributed by atoms with Crippen molar-refractivity contribution < 1.29 is 13.2 Å². The summed E-state index contributed by atoms with van der Waals surface area (Å²) in [6, 6.07) is 3.51. The van der Waals surface area contributed by atoms with Crippen molar-refractivity contribution >= 4 is 26.0 Å². The Morgan fingerprint density at radius 2 is 1.95 bits per heavy atom. The zero-order valence-electron chi connectivity index (χ0n) is 11.5. The maximum Gasteiger partial charge on any atom is 0.240 e. The molecule has 19 heavy (non-hydrogen) atoms. The van der Waals surface area contributed by atoms with Gasteiger partial charge in [0.1, 0.15) is 0 Å². The Morgan fingerprint density at radius 1 is 1.26 bits per heavy atom. The zero-order chi connectivity index (χ0) is 14.5. The molecule has 0 unspecified atom stereocenters. The molecule has 1 rings (SSSR count). The van der Waals surface area contributed by atoms with Crippen LogP contribution in [0.15, 0.2) is 21.5 Å². The minimum Gasteiger partial charge on any atom is -0.382 e. The number of ether oxygens (including phenoxy) is 1. The number of benzene rings is 1. The summed E-state index contributed by atoms with van der Waals surface area (Å²) in [5.74, 6) is 0. The van der Waals surface area contributed by atoms with Crippen LogP contribution >= 0.6 is 15.9 Å². The quantitative estimate of drug-likeness (QED) is 0.770.